The number of hydrogen-bond donors (Lipinski definition) is 0. The van der Waals surface area contributed by atoms with Crippen LogP contribution in [0.25, 0.3) is 11.0 Å². The van der Waals surface area contributed by atoms with E-state index in [-0.39, 0.29) is 0 Å². The zero-order chi connectivity index (χ0) is 20.6. The maximum Gasteiger partial charge on any atom is 0.433 e. The molecule has 3 heterocycles. The number of alkyl halides is 3. The predicted octanol–water partition coefficient (Wildman–Crippen LogP) is 4.83. The van der Waals surface area contributed by atoms with E-state index < -0.39 is 11.9 Å². The Kier molecular flexibility index (Phi) is 5.25. The second kappa shape index (κ2) is 7.71. The van der Waals surface area contributed by atoms with Crippen molar-refractivity contribution in [2.45, 2.75) is 26.4 Å². The van der Waals surface area contributed by atoms with Crippen molar-refractivity contribution in [1.82, 2.24) is 9.88 Å². The third-order valence-corrected chi connectivity index (χ3v) is 5.68. The van der Waals surface area contributed by atoms with Gasteiger partial charge in [0.1, 0.15) is 11.5 Å². The van der Waals surface area contributed by atoms with Crippen molar-refractivity contribution in [2.24, 2.45) is 0 Å². The van der Waals surface area contributed by atoms with Gasteiger partial charge in [-0.25, -0.2) is 4.98 Å². The SMILES string of the molecule is Cc1oc2c(N3CCN(CCc4cccc(C(F)(F)F)n4)CC3)cccc2c1C. The van der Waals surface area contributed by atoms with E-state index in [0.717, 1.165) is 54.7 Å². The molecule has 1 aromatic carbocycles. The second-order valence-electron chi connectivity index (χ2n) is 7.53. The molecule has 0 unspecified atom stereocenters. The van der Waals surface area contributed by atoms with Crippen LogP contribution in [0.3, 0.4) is 0 Å². The fraction of sp³-hybridized carbons (Fsp3) is 0.409. The van der Waals surface area contributed by atoms with Gasteiger partial charge < -0.3 is 9.32 Å². The molecule has 0 atom stereocenters. The molecule has 1 fully saturated rings. The van der Waals surface area contributed by atoms with Crippen LogP contribution in [0, 0.1) is 13.8 Å². The highest BCUT2D eigenvalue weighted by Crippen LogP contribution is 2.33. The maximum atomic E-state index is 12.8. The highest BCUT2D eigenvalue weighted by atomic mass is 19.4. The first-order valence-corrected chi connectivity index (χ1v) is 9.82. The van der Waals surface area contributed by atoms with Gasteiger partial charge in [0.05, 0.1) is 5.69 Å². The quantitative estimate of drug-likeness (QED) is 0.625. The molecule has 2 aromatic heterocycles. The van der Waals surface area contributed by atoms with Crippen molar-refractivity contribution in [3.8, 4) is 0 Å². The number of piperazine rings is 1. The highest BCUT2D eigenvalue weighted by molar-refractivity contribution is 5.92. The average molecular weight is 403 g/mol. The van der Waals surface area contributed by atoms with E-state index in [1.807, 2.05) is 6.92 Å². The molecule has 0 N–H and O–H groups in total. The van der Waals surface area contributed by atoms with Gasteiger partial charge in [-0.3, -0.25) is 4.90 Å². The first-order valence-electron chi connectivity index (χ1n) is 9.82. The number of furan rings is 1. The molecule has 4 rings (SSSR count). The van der Waals surface area contributed by atoms with E-state index >= 15 is 0 Å². The Morgan fingerprint density at radius 3 is 2.45 bits per heavy atom. The molecule has 4 nitrogen and oxygen atoms in total. The molecule has 1 saturated heterocycles. The van der Waals surface area contributed by atoms with Gasteiger partial charge in [-0.2, -0.15) is 13.2 Å². The van der Waals surface area contributed by atoms with Crippen molar-refractivity contribution < 1.29 is 17.6 Å². The lowest BCUT2D eigenvalue weighted by Gasteiger charge is -2.36. The number of rotatable bonds is 4. The Morgan fingerprint density at radius 2 is 1.72 bits per heavy atom. The number of para-hydroxylation sites is 1. The number of nitrogens with zero attached hydrogens (tertiary/aromatic N) is 3. The van der Waals surface area contributed by atoms with Crippen LogP contribution in [-0.4, -0.2) is 42.6 Å². The van der Waals surface area contributed by atoms with E-state index in [1.165, 1.54) is 11.6 Å². The number of pyridine rings is 1. The molecular formula is C22H24F3N3O. The first-order chi connectivity index (χ1) is 13.8. The summed E-state index contributed by atoms with van der Waals surface area (Å²) < 4.78 is 44.5. The number of anilines is 1. The Bertz CT molecular complexity index is 1000. The van der Waals surface area contributed by atoms with E-state index in [9.17, 15) is 13.2 Å². The minimum atomic E-state index is -4.40. The first kappa shape index (κ1) is 19.8. The van der Waals surface area contributed by atoms with Crippen LogP contribution in [0.15, 0.2) is 40.8 Å². The van der Waals surface area contributed by atoms with Crippen LogP contribution in [-0.2, 0) is 12.6 Å². The summed E-state index contributed by atoms with van der Waals surface area (Å²) in [6.07, 6.45) is -3.89. The monoisotopic (exact) mass is 403 g/mol. The normalized spacial score (nSPS) is 16.0. The van der Waals surface area contributed by atoms with Gasteiger partial charge in [-0.05, 0) is 37.6 Å². The summed E-state index contributed by atoms with van der Waals surface area (Å²) in [4.78, 5) is 8.36. The van der Waals surface area contributed by atoms with Gasteiger partial charge in [0, 0.05) is 50.2 Å². The van der Waals surface area contributed by atoms with Crippen molar-refractivity contribution in [3.63, 3.8) is 0 Å². The summed E-state index contributed by atoms with van der Waals surface area (Å²) in [5, 5.41) is 1.15. The van der Waals surface area contributed by atoms with Crippen LogP contribution in [0.4, 0.5) is 18.9 Å². The zero-order valence-corrected chi connectivity index (χ0v) is 16.6. The van der Waals surface area contributed by atoms with Gasteiger partial charge in [-0.1, -0.05) is 18.2 Å². The van der Waals surface area contributed by atoms with E-state index in [0.29, 0.717) is 18.7 Å². The van der Waals surface area contributed by atoms with E-state index in [2.05, 4.69) is 39.9 Å². The number of halogens is 3. The van der Waals surface area contributed by atoms with Crippen LogP contribution >= 0.6 is 0 Å². The average Bonchev–Trinajstić information content (AvgIpc) is 3.00. The van der Waals surface area contributed by atoms with Gasteiger partial charge in [0.2, 0.25) is 0 Å². The van der Waals surface area contributed by atoms with Crippen molar-refractivity contribution >= 4 is 16.7 Å². The number of benzene rings is 1. The fourth-order valence-corrected chi connectivity index (χ4v) is 3.86. The summed E-state index contributed by atoms with van der Waals surface area (Å²) >= 11 is 0. The maximum absolute atomic E-state index is 12.8. The Balaban J connectivity index is 1.38. The summed E-state index contributed by atoms with van der Waals surface area (Å²) in [6, 6.07) is 10.3. The van der Waals surface area contributed by atoms with E-state index in [1.54, 1.807) is 6.07 Å². The molecular weight excluding hydrogens is 379 g/mol. The minimum absolute atomic E-state index is 0.480. The lowest BCUT2D eigenvalue weighted by molar-refractivity contribution is -0.141. The third-order valence-electron chi connectivity index (χ3n) is 5.68. The van der Waals surface area contributed by atoms with Crippen molar-refractivity contribution in [2.75, 3.05) is 37.6 Å². The van der Waals surface area contributed by atoms with Crippen LogP contribution in [0.5, 0.6) is 0 Å². The van der Waals surface area contributed by atoms with Crippen molar-refractivity contribution in [1.29, 1.82) is 0 Å². The molecule has 0 amide bonds. The Morgan fingerprint density at radius 1 is 1.00 bits per heavy atom. The number of aromatic nitrogens is 1. The number of hydrogen-bond acceptors (Lipinski definition) is 4. The topological polar surface area (TPSA) is 32.5 Å². The molecule has 0 saturated carbocycles. The lowest BCUT2D eigenvalue weighted by atomic mass is 10.1. The predicted molar refractivity (Wildman–Crippen MR) is 107 cm³/mol. The summed E-state index contributed by atoms with van der Waals surface area (Å²) in [7, 11) is 0. The largest absolute Gasteiger partial charge is 0.459 e. The van der Waals surface area contributed by atoms with Gasteiger partial charge in [-0.15, -0.1) is 0 Å². The Labute approximate surface area is 167 Å². The van der Waals surface area contributed by atoms with E-state index in [4.69, 9.17) is 4.42 Å². The van der Waals surface area contributed by atoms with Gasteiger partial charge in [0.25, 0.3) is 0 Å². The molecule has 0 spiro atoms. The van der Waals surface area contributed by atoms with Crippen LogP contribution in [0.1, 0.15) is 22.7 Å². The molecule has 0 bridgehead atoms. The molecule has 154 valence electrons. The van der Waals surface area contributed by atoms with Gasteiger partial charge in [0.15, 0.2) is 5.58 Å². The third kappa shape index (κ3) is 4.10. The second-order valence-corrected chi connectivity index (χ2v) is 7.53. The highest BCUT2D eigenvalue weighted by Gasteiger charge is 2.32. The molecule has 0 radical (unpaired) electrons. The number of aryl methyl sites for hydroxylation is 2. The molecule has 7 heteroatoms. The molecule has 29 heavy (non-hydrogen) atoms. The zero-order valence-electron chi connectivity index (χ0n) is 16.6. The van der Waals surface area contributed by atoms with Crippen LogP contribution < -0.4 is 4.90 Å². The Hall–Kier alpha value is -2.54. The minimum Gasteiger partial charge on any atom is -0.459 e. The van der Waals surface area contributed by atoms with Crippen molar-refractivity contribution in [3.05, 3.63) is 59.1 Å². The smallest absolute Gasteiger partial charge is 0.433 e. The van der Waals surface area contributed by atoms with Crippen LogP contribution in [0.2, 0.25) is 0 Å². The summed E-state index contributed by atoms with van der Waals surface area (Å²) in [5.74, 6) is 0.944. The van der Waals surface area contributed by atoms with Gasteiger partial charge >= 0.3 is 6.18 Å². The summed E-state index contributed by atoms with van der Waals surface area (Å²) in [5.41, 5.74) is 2.88. The molecule has 1 aliphatic heterocycles. The number of fused-ring (bicyclic) bond motifs is 1. The molecule has 1 aliphatic rings. The standard InChI is InChI=1S/C22H24F3N3O/c1-15-16(2)29-21-18(15)6-4-7-19(21)28-13-11-27(12-14-28)10-9-17-5-3-8-20(26-17)22(23,24)25/h3-8H,9-14H2,1-2H3. The molecule has 3 aromatic rings. The fourth-order valence-electron chi connectivity index (χ4n) is 3.86. The summed E-state index contributed by atoms with van der Waals surface area (Å²) in [6.45, 7) is 8.18. The molecule has 0 aliphatic carbocycles. The lowest BCUT2D eigenvalue weighted by Crippen LogP contribution is -2.47.